The van der Waals surface area contributed by atoms with Crippen molar-refractivity contribution in [1.29, 1.82) is 0 Å². The van der Waals surface area contributed by atoms with E-state index in [2.05, 4.69) is 9.97 Å². The van der Waals surface area contributed by atoms with Crippen molar-refractivity contribution in [3.05, 3.63) is 18.1 Å². The predicted octanol–water partition coefficient (Wildman–Crippen LogP) is 0.580. The molecule has 0 N–H and O–H groups in total. The van der Waals surface area contributed by atoms with Crippen molar-refractivity contribution >= 4 is 11.7 Å². The molecule has 2 heterocycles. The second-order valence-corrected chi connectivity index (χ2v) is 5.37. The first-order chi connectivity index (χ1) is 9.60. The van der Waals surface area contributed by atoms with Crippen molar-refractivity contribution in [1.82, 2.24) is 14.9 Å². The summed E-state index contributed by atoms with van der Waals surface area (Å²) in [5, 5.41) is 0. The van der Waals surface area contributed by atoms with Gasteiger partial charge in [-0.1, -0.05) is 0 Å². The molecule has 1 aromatic rings. The van der Waals surface area contributed by atoms with E-state index in [0.717, 1.165) is 24.5 Å². The average molecular weight is 278 g/mol. The largest absolute Gasteiger partial charge is 0.383 e. The number of ether oxygens (including phenoxy) is 1. The standard InChI is InChI=1S/C14H22N4O2/c1-17(2)13-8-12(15-10-16-13)6-11-7-14(19)18(9-11)4-5-20-3/h8,10-11H,4-7,9H2,1-3H3/t11-/m0/s1. The van der Waals surface area contributed by atoms with Crippen molar-refractivity contribution in [3.8, 4) is 0 Å². The van der Waals surface area contributed by atoms with Crippen LogP contribution >= 0.6 is 0 Å². The number of amides is 1. The monoisotopic (exact) mass is 278 g/mol. The lowest BCUT2D eigenvalue weighted by molar-refractivity contribution is -0.128. The maximum atomic E-state index is 11.9. The molecule has 1 saturated heterocycles. The number of methoxy groups -OCH3 is 1. The fourth-order valence-electron chi connectivity index (χ4n) is 2.45. The third-order valence-corrected chi connectivity index (χ3v) is 3.53. The van der Waals surface area contributed by atoms with Crippen LogP contribution < -0.4 is 4.90 Å². The number of carbonyl (C=O) groups excluding carboxylic acids is 1. The van der Waals surface area contributed by atoms with Gasteiger partial charge >= 0.3 is 0 Å². The second kappa shape index (κ2) is 6.65. The van der Waals surface area contributed by atoms with Crippen LogP contribution in [-0.2, 0) is 16.0 Å². The van der Waals surface area contributed by atoms with E-state index in [-0.39, 0.29) is 5.91 Å². The van der Waals surface area contributed by atoms with Gasteiger partial charge in [-0.15, -0.1) is 0 Å². The van der Waals surface area contributed by atoms with Gasteiger partial charge in [0.05, 0.1) is 6.61 Å². The van der Waals surface area contributed by atoms with E-state index >= 15 is 0 Å². The average Bonchev–Trinajstić information content (AvgIpc) is 2.76. The summed E-state index contributed by atoms with van der Waals surface area (Å²) < 4.78 is 5.03. The lowest BCUT2D eigenvalue weighted by Crippen LogP contribution is -2.29. The molecule has 0 aliphatic carbocycles. The van der Waals surface area contributed by atoms with Gasteiger partial charge in [-0.2, -0.15) is 0 Å². The number of hydrogen-bond acceptors (Lipinski definition) is 5. The Balaban J connectivity index is 1.94. The summed E-state index contributed by atoms with van der Waals surface area (Å²) in [6, 6.07) is 1.99. The fraction of sp³-hybridized carbons (Fsp3) is 0.643. The second-order valence-electron chi connectivity index (χ2n) is 5.37. The van der Waals surface area contributed by atoms with E-state index in [1.165, 1.54) is 0 Å². The van der Waals surface area contributed by atoms with Crippen LogP contribution in [0.2, 0.25) is 0 Å². The van der Waals surface area contributed by atoms with Gasteiger partial charge in [-0.05, 0) is 12.3 Å². The lowest BCUT2D eigenvalue weighted by atomic mass is 10.0. The van der Waals surface area contributed by atoms with Crippen LogP contribution in [0.25, 0.3) is 0 Å². The van der Waals surface area contributed by atoms with Crippen LogP contribution in [0.4, 0.5) is 5.82 Å². The first kappa shape index (κ1) is 14.7. The zero-order chi connectivity index (χ0) is 14.5. The van der Waals surface area contributed by atoms with Crippen LogP contribution in [0.1, 0.15) is 12.1 Å². The summed E-state index contributed by atoms with van der Waals surface area (Å²) in [5.41, 5.74) is 0.995. The topological polar surface area (TPSA) is 58.6 Å². The summed E-state index contributed by atoms with van der Waals surface area (Å²) in [4.78, 5) is 24.2. The highest BCUT2D eigenvalue weighted by atomic mass is 16.5. The Morgan fingerprint density at radius 3 is 2.95 bits per heavy atom. The summed E-state index contributed by atoms with van der Waals surface area (Å²) in [5.74, 6) is 1.45. The number of carbonyl (C=O) groups is 1. The number of aromatic nitrogens is 2. The first-order valence-corrected chi connectivity index (χ1v) is 6.85. The van der Waals surface area contributed by atoms with Crippen LogP contribution in [0.3, 0.4) is 0 Å². The molecular weight excluding hydrogens is 256 g/mol. The minimum Gasteiger partial charge on any atom is -0.383 e. The Labute approximate surface area is 119 Å². The maximum absolute atomic E-state index is 11.9. The highest BCUT2D eigenvalue weighted by Gasteiger charge is 2.29. The third-order valence-electron chi connectivity index (χ3n) is 3.53. The lowest BCUT2D eigenvalue weighted by Gasteiger charge is -2.16. The highest BCUT2D eigenvalue weighted by Crippen LogP contribution is 2.22. The van der Waals surface area contributed by atoms with Gasteiger partial charge in [0.1, 0.15) is 12.1 Å². The SMILES string of the molecule is COCCN1C[C@@H](Cc2cc(N(C)C)ncn2)CC1=O. The van der Waals surface area contributed by atoms with Crippen molar-refractivity contribution in [2.75, 3.05) is 45.8 Å². The molecule has 1 amide bonds. The number of hydrogen-bond donors (Lipinski definition) is 0. The molecule has 1 atom stereocenters. The zero-order valence-electron chi connectivity index (χ0n) is 12.4. The normalized spacial score (nSPS) is 18.6. The smallest absolute Gasteiger partial charge is 0.223 e. The number of likely N-dealkylation sites (tertiary alicyclic amines) is 1. The van der Waals surface area contributed by atoms with Crippen molar-refractivity contribution in [2.45, 2.75) is 12.8 Å². The summed E-state index contributed by atoms with van der Waals surface area (Å²) in [6.07, 6.45) is 3.01. The highest BCUT2D eigenvalue weighted by molar-refractivity contribution is 5.78. The maximum Gasteiger partial charge on any atom is 0.223 e. The molecule has 0 aromatic carbocycles. The van der Waals surface area contributed by atoms with E-state index in [4.69, 9.17) is 4.74 Å². The van der Waals surface area contributed by atoms with Gasteiger partial charge in [-0.3, -0.25) is 4.79 Å². The van der Waals surface area contributed by atoms with Gasteiger partial charge in [0, 0.05) is 52.5 Å². The Hall–Kier alpha value is -1.69. The molecule has 110 valence electrons. The molecule has 1 fully saturated rings. The molecule has 6 heteroatoms. The Kier molecular flexibility index (Phi) is 4.89. The van der Waals surface area contributed by atoms with Crippen molar-refractivity contribution in [2.24, 2.45) is 5.92 Å². The summed E-state index contributed by atoms with van der Waals surface area (Å²) in [6.45, 7) is 2.07. The zero-order valence-corrected chi connectivity index (χ0v) is 12.4. The minimum absolute atomic E-state index is 0.217. The molecule has 0 spiro atoms. The predicted molar refractivity (Wildman–Crippen MR) is 76.6 cm³/mol. The van der Waals surface area contributed by atoms with E-state index in [1.807, 2.05) is 30.0 Å². The Morgan fingerprint density at radius 1 is 1.45 bits per heavy atom. The summed E-state index contributed by atoms with van der Waals surface area (Å²) >= 11 is 0. The van der Waals surface area contributed by atoms with Gasteiger partial charge in [0.15, 0.2) is 0 Å². The Bertz CT molecular complexity index is 464. The molecule has 0 unspecified atom stereocenters. The van der Waals surface area contributed by atoms with Crippen molar-refractivity contribution in [3.63, 3.8) is 0 Å². The van der Waals surface area contributed by atoms with E-state index in [0.29, 0.717) is 25.5 Å². The molecular formula is C14H22N4O2. The molecule has 1 aromatic heterocycles. The van der Waals surface area contributed by atoms with Crippen LogP contribution in [-0.4, -0.2) is 61.7 Å². The first-order valence-electron chi connectivity index (χ1n) is 6.85. The molecule has 0 radical (unpaired) electrons. The van der Waals surface area contributed by atoms with Crippen LogP contribution in [0, 0.1) is 5.92 Å². The molecule has 1 aliphatic heterocycles. The van der Waals surface area contributed by atoms with Crippen molar-refractivity contribution < 1.29 is 9.53 Å². The molecule has 0 bridgehead atoms. The van der Waals surface area contributed by atoms with Gasteiger partial charge in [0.2, 0.25) is 5.91 Å². The van der Waals surface area contributed by atoms with E-state index < -0.39 is 0 Å². The molecule has 0 saturated carbocycles. The van der Waals surface area contributed by atoms with Crippen LogP contribution in [0.5, 0.6) is 0 Å². The van der Waals surface area contributed by atoms with E-state index in [1.54, 1.807) is 13.4 Å². The fourth-order valence-corrected chi connectivity index (χ4v) is 2.45. The Morgan fingerprint density at radius 2 is 2.25 bits per heavy atom. The number of anilines is 1. The molecule has 2 rings (SSSR count). The van der Waals surface area contributed by atoms with Crippen LogP contribution in [0.15, 0.2) is 12.4 Å². The molecule has 20 heavy (non-hydrogen) atoms. The number of nitrogens with zero attached hydrogens (tertiary/aromatic N) is 4. The van der Waals surface area contributed by atoms with Gasteiger partial charge in [-0.25, -0.2) is 9.97 Å². The molecule has 6 nitrogen and oxygen atoms in total. The van der Waals surface area contributed by atoms with Gasteiger partial charge < -0.3 is 14.5 Å². The number of rotatable bonds is 6. The molecule has 1 aliphatic rings. The quantitative estimate of drug-likeness (QED) is 0.762. The minimum atomic E-state index is 0.217. The van der Waals surface area contributed by atoms with Gasteiger partial charge in [0.25, 0.3) is 0 Å². The third kappa shape index (κ3) is 3.66. The van der Waals surface area contributed by atoms with E-state index in [9.17, 15) is 4.79 Å². The summed E-state index contributed by atoms with van der Waals surface area (Å²) in [7, 11) is 5.57.